The SMILES string of the molecule is CC(C)C[C@@H](NC(=O)C1CC(=O)N(c2ccccc2Cl)C1)C(=O)O. The van der Waals surface area contributed by atoms with Crippen molar-refractivity contribution in [2.75, 3.05) is 11.4 Å². The number of carbonyl (C=O) groups is 3. The van der Waals surface area contributed by atoms with E-state index in [1.807, 2.05) is 13.8 Å². The molecular weight excluding hydrogens is 332 g/mol. The van der Waals surface area contributed by atoms with Crippen molar-refractivity contribution in [3.63, 3.8) is 0 Å². The van der Waals surface area contributed by atoms with Crippen LogP contribution in [0.5, 0.6) is 0 Å². The second-order valence-corrected chi connectivity index (χ2v) is 6.79. The number of nitrogens with zero attached hydrogens (tertiary/aromatic N) is 1. The van der Waals surface area contributed by atoms with Crippen molar-refractivity contribution in [3.05, 3.63) is 29.3 Å². The van der Waals surface area contributed by atoms with Gasteiger partial charge in [0.15, 0.2) is 0 Å². The van der Waals surface area contributed by atoms with Crippen molar-refractivity contribution in [1.29, 1.82) is 0 Å². The average molecular weight is 353 g/mol. The molecule has 0 saturated carbocycles. The topological polar surface area (TPSA) is 86.7 Å². The number of para-hydroxylation sites is 1. The van der Waals surface area contributed by atoms with Crippen LogP contribution in [-0.4, -0.2) is 35.5 Å². The molecule has 2 amide bonds. The summed E-state index contributed by atoms with van der Waals surface area (Å²) in [6.45, 7) is 3.98. The monoisotopic (exact) mass is 352 g/mol. The summed E-state index contributed by atoms with van der Waals surface area (Å²) < 4.78 is 0. The van der Waals surface area contributed by atoms with Gasteiger partial charge in [0.25, 0.3) is 0 Å². The number of anilines is 1. The van der Waals surface area contributed by atoms with E-state index in [1.54, 1.807) is 24.3 Å². The maximum Gasteiger partial charge on any atom is 0.326 e. The zero-order valence-electron chi connectivity index (χ0n) is 13.7. The van der Waals surface area contributed by atoms with Gasteiger partial charge in [-0.1, -0.05) is 37.6 Å². The Morgan fingerprint density at radius 1 is 1.38 bits per heavy atom. The number of aliphatic carboxylic acids is 1. The first kappa shape index (κ1) is 18.3. The van der Waals surface area contributed by atoms with Gasteiger partial charge in [0.05, 0.1) is 16.6 Å². The van der Waals surface area contributed by atoms with Gasteiger partial charge in [-0.05, 0) is 24.5 Å². The number of halogens is 1. The Labute approximate surface area is 145 Å². The third-order valence-electron chi connectivity index (χ3n) is 3.96. The van der Waals surface area contributed by atoms with Crippen molar-refractivity contribution in [1.82, 2.24) is 5.32 Å². The molecule has 2 rings (SSSR count). The van der Waals surface area contributed by atoms with E-state index in [4.69, 9.17) is 11.6 Å². The molecule has 130 valence electrons. The Morgan fingerprint density at radius 3 is 2.62 bits per heavy atom. The smallest absolute Gasteiger partial charge is 0.326 e. The Balaban J connectivity index is 2.06. The van der Waals surface area contributed by atoms with Gasteiger partial charge in [-0.25, -0.2) is 4.79 Å². The van der Waals surface area contributed by atoms with E-state index in [0.717, 1.165) is 0 Å². The molecule has 24 heavy (non-hydrogen) atoms. The number of benzene rings is 1. The predicted molar refractivity (Wildman–Crippen MR) is 90.9 cm³/mol. The summed E-state index contributed by atoms with van der Waals surface area (Å²) in [4.78, 5) is 37.3. The summed E-state index contributed by atoms with van der Waals surface area (Å²) >= 11 is 6.11. The van der Waals surface area contributed by atoms with Gasteiger partial charge >= 0.3 is 5.97 Å². The fourth-order valence-electron chi connectivity index (χ4n) is 2.77. The second kappa shape index (κ2) is 7.66. The van der Waals surface area contributed by atoms with Crippen molar-refractivity contribution in [3.8, 4) is 0 Å². The molecule has 0 radical (unpaired) electrons. The molecule has 6 nitrogen and oxygen atoms in total. The minimum Gasteiger partial charge on any atom is -0.480 e. The Hall–Kier alpha value is -2.08. The molecule has 7 heteroatoms. The lowest BCUT2D eigenvalue weighted by atomic mass is 10.0. The number of hydrogen-bond acceptors (Lipinski definition) is 3. The van der Waals surface area contributed by atoms with Crippen molar-refractivity contribution >= 4 is 35.1 Å². The summed E-state index contributed by atoms with van der Waals surface area (Å²) in [6, 6.07) is 5.99. The molecule has 1 heterocycles. The number of amides is 2. The first-order chi connectivity index (χ1) is 11.3. The maximum atomic E-state index is 12.4. The molecule has 1 aromatic rings. The lowest BCUT2D eigenvalue weighted by Crippen LogP contribution is -2.44. The molecule has 0 bridgehead atoms. The van der Waals surface area contributed by atoms with E-state index in [9.17, 15) is 19.5 Å². The van der Waals surface area contributed by atoms with Crippen LogP contribution in [0, 0.1) is 11.8 Å². The molecule has 1 aromatic carbocycles. The fourth-order valence-corrected chi connectivity index (χ4v) is 3.01. The molecule has 1 saturated heterocycles. The highest BCUT2D eigenvalue weighted by atomic mass is 35.5. The van der Waals surface area contributed by atoms with E-state index >= 15 is 0 Å². The summed E-state index contributed by atoms with van der Waals surface area (Å²) in [5.74, 6) is -2.12. The molecule has 1 aliphatic rings. The summed E-state index contributed by atoms with van der Waals surface area (Å²) in [6.07, 6.45) is 0.390. The quantitative estimate of drug-likeness (QED) is 0.822. The number of carbonyl (C=O) groups excluding carboxylic acids is 2. The average Bonchev–Trinajstić information content (AvgIpc) is 2.88. The van der Waals surface area contributed by atoms with Crippen LogP contribution in [0.25, 0.3) is 0 Å². The van der Waals surface area contributed by atoms with Crippen molar-refractivity contribution in [2.24, 2.45) is 11.8 Å². The van der Waals surface area contributed by atoms with Crippen molar-refractivity contribution < 1.29 is 19.5 Å². The molecule has 0 aromatic heterocycles. The second-order valence-electron chi connectivity index (χ2n) is 6.39. The standard InChI is InChI=1S/C17H21ClN2O4/c1-10(2)7-13(17(23)24)19-16(22)11-8-15(21)20(9-11)14-6-4-3-5-12(14)18/h3-6,10-11,13H,7-9H2,1-2H3,(H,19,22)(H,23,24)/t11?,13-/m1/s1. The highest BCUT2D eigenvalue weighted by Gasteiger charge is 2.37. The van der Waals surface area contributed by atoms with Crippen LogP contribution in [0.2, 0.25) is 5.02 Å². The zero-order valence-corrected chi connectivity index (χ0v) is 14.4. The van der Waals surface area contributed by atoms with Crippen LogP contribution in [-0.2, 0) is 14.4 Å². The van der Waals surface area contributed by atoms with Gasteiger partial charge in [0.1, 0.15) is 6.04 Å². The minimum atomic E-state index is -1.07. The largest absolute Gasteiger partial charge is 0.480 e. The summed E-state index contributed by atoms with van der Waals surface area (Å²) in [5.41, 5.74) is 0.566. The van der Waals surface area contributed by atoms with E-state index in [-0.39, 0.29) is 24.8 Å². The van der Waals surface area contributed by atoms with Gasteiger partial charge in [0, 0.05) is 13.0 Å². The number of nitrogens with one attached hydrogen (secondary N) is 1. The van der Waals surface area contributed by atoms with Gasteiger partial charge < -0.3 is 15.3 Å². The van der Waals surface area contributed by atoms with Gasteiger partial charge in [-0.3, -0.25) is 9.59 Å². The number of hydrogen-bond donors (Lipinski definition) is 2. The van der Waals surface area contributed by atoms with Gasteiger partial charge in [0.2, 0.25) is 11.8 Å². The Kier molecular flexibility index (Phi) is 5.83. The van der Waals surface area contributed by atoms with Crippen LogP contribution in [0.3, 0.4) is 0 Å². The number of rotatable bonds is 6. The maximum absolute atomic E-state index is 12.4. The van der Waals surface area contributed by atoms with Crippen molar-refractivity contribution in [2.45, 2.75) is 32.7 Å². The first-order valence-electron chi connectivity index (χ1n) is 7.87. The van der Waals surface area contributed by atoms with E-state index in [1.165, 1.54) is 4.90 Å². The fraction of sp³-hybridized carbons (Fsp3) is 0.471. The van der Waals surface area contributed by atoms with Crippen LogP contribution < -0.4 is 10.2 Å². The van der Waals surface area contributed by atoms with Crippen LogP contribution in [0.1, 0.15) is 26.7 Å². The van der Waals surface area contributed by atoms with Crippen LogP contribution in [0.15, 0.2) is 24.3 Å². The van der Waals surface area contributed by atoms with Gasteiger partial charge in [-0.15, -0.1) is 0 Å². The third-order valence-corrected chi connectivity index (χ3v) is 4.28. The number of carboxylic acid groups (broad SMARTS) is 1. The highest BCUT2D eigenvalue weighted by Crippen LogP contribution is 2.31. The van der Waals surface area contributed by atoms with E-state index in [0.29, 0.717) is 17.1 Å². The molecule has 2 N–H and O–H groups in total. The Morgan fingerprint density at radius 2 is 2.04 bits per heavy atom. The predicted octanol–water partition coefficient (Wildman–Crippen LogP) is 2.31. The molecular formula is C17H21ClN2O4. The molecule has 1 unspecified atom stereocenters. The highest BCUT2D eigenvalue weighted by molar-refractivity contribution is 6.33. The van der Waals surface area contributed by atoms with Crippen LogP contribution in [0.4, 0.5) is 5.69 Å². The molecule has 2 atom stereocenters. The third kappa shape index (κ3) is 4.26. The van der Waals surface area contributed by atoms with Gasteiger partial charge in [-0.2, -0.15) is 0 Å². The molecule has 0 aliphatic carbocycles. The minimum absolute atomic E-state index is 0.0467. The summed E-state index contributed by atoms with van der Waals surface area (Å²) in [5, 5.41) is 12.2. The molecule has 1 aliphatic heterocycles. The molecule has 1 fully saturated rings. The Bertz CT molecular complexity index is 647. The van der Waals surface area contributed by atoms with E-state index < -0.39 is 23.8 Å². The lowest BCUT2D eigenvalue weighted by molar-refractivity contribution is -0.142. The van der Waals surface area contributed by atoms with Crippen LogP contribution >= 0.6 is 11.6 Å². The molecule has 0 spiro atoms. The zero-order chi connectivity index (χ0) is 17.9. The first-order valence-corrected chi connectivity index (χ1v) is 8.25. The lowest BCUT2D eigenvalue weighted by Gasteiger charge is -2.20. The van der Waals surface area contributed by atoms with E-state index in [2.05, 4.69) is 5.32 Å². The number of carboxylic acids is 1. The normalized spacial score (nSPS) is 18.8. The summed E-state index contributed by atoms with van der Waals surface area (Å²) in [7, 11) is 0.